The van der Waals surface area contributed by atoms with Gasteiger partial charge in [-0.25, -0.2) is 0 Å². The Morgan fingerprint density at radius 3 is 2.26 bits per heavy atom. The Hall–Kier alpha value is -2.29. The van der Waals surface area contributed by atoms with Crippen molar-refractivity contribution in [1.29, 1.82) is 0 Å². The van der Waals surface area contributed by atoms with Gasteiger partial charge in [0.15, 0.2) is 0 Å². The third-order valence-electron chi connectivity index (χ3n) is 4.70. The predicted octanol–water partition coefficient (Wildman–Crippen LogP) is 3.67. The molecule has 2 N–H and O–H groups in total. The van der Waals surface area contributed by atoms with Crippen LogP contribution in [0.4, 0.5) is 5.69 Å². The molecule has 23 heavy (non-hydrogen) atoms. The number of piperidine rings is 1. The topological polar surface area (TPSA) is 46.3 Å². The van der Waals surface area contributed by atoms with Crippen molar-refractivity contribution in [2.75, 3.05) is 18.8 Å². The fraction of sp³-hybridized carbons (Fsp3) is 0.350. The van der Waals surface area contributed by atoms with E-state index in [2.05, 4.69) is 12.1 Å². The minimum absolute atomic E-state index is 0.163. The first kappa shape index (κ1) is 15.6. The fourth-order valence-electron chi connectivity index (χ4n) is 3.21. The van der Waals surface area contributed by atoms with Crippen molar-refractivity contribution in [2.24, 2.45) is 5.92 Å². The molecule has 1 fully saturated rings. The summed E-state index contributed by atoms with van der Waals surface area (Å²) in [5, 5.41) is 0. The van der Waals surface area contributed by atoms with E-state index in [1.807, 2.05) is 48.2 Å². The molecule has 0 atom stereocenters. The number of nitrogens with zero attached hydrogens (tertiary/aromatic N) is 1. The Kier molecular flexibility index (Phi) is 4.65. The maximum Gasteiger partial charge on any atom is 0.253 e. The van der Waals surface area contributed by atoms with Crippen LogP contribution in [0.15, 0.2) is 48.5 Å². The normalized spacial score (nSPS) is 15.6. The maximum absolute atomic E-state index is 12.5. The van der Waals surface area contributed by atoms with Gasteiger partial charge in [0.1, 0.15) is 0 Å². The summed E-state index contributed by atoms with van der Waals surface area (Å²) in [6.07, 6.45) is 3.22. The molecule has 1 heterocycles. The van der Waals surface area contributed by atoms with Crippen LogP contribution in [0, 0.1) is 12.8 Å². The molecule has 1 aliphatic rings. The standard InChI is InChI=1S/C20H24N2O/c1-15-2-6-18(7-3-15)20(23)22-12-10-17(11-13-22)14-16-4-8-19(21)9-5-16/h2-9,17H,10-14,21H2,1H3. The molecule has 0 aromatic heterocycles. The number of amides is 1. The van der Waals surface area contributed by atoms with Gasteiger partial charge in [-0.3, -0.25) is 4.79 Å². The molecule has 120 valence electrons. The minimum Gasteiger partial charge on any atom is -0.399 e. The number of carbonyl (C=O) groups is 1. The van der Waals surface area contributed by atoms with Crippen molar-refractivity contribution >= 4 is 11.6 Å². The van der Waals surface area contributed by atoms with Gasteiger partial charge in [-0.15, -0.1) is 0 Å². The van der Waals surface area contributed by atoms with Gasteiger partial charge in [0.2, 0.25) is 0 Å². The van der Waals surface area contributed by atoms with Crippen LogP contribution in [-0.2, 0) is 6.42 Å². The second-order valence-electron chi connectivity index (χ2n) is 6.55. The van der Waals surface area contributed by atoms with Gasteiger partial charge < -0.3 is 10.6 Å². The molecule has 0 radical (unpaired) electrons. The molecule has 0 unspecified atom stereocenters. The number of carbonyl (C=O) groups excluding carboxylic acids is 1. The largest absolute Gasteiger partial charge is 0.399 e. The lowest BCUT2D eigenvalue weighted by Gasteiger charge is -2.32. The number of hydrogen-bond donors (Lipinski definition) is 1. The van der Waals surface area contributed by atoms with Gasteiger partial charge in [-0.2, -0.15) is 0 Å². The first-order valence-corrected chi connectivity index (χ1v) is 8.32. The number of hydrogen-bond acceptors (Lipinski definition) is 2. The Bertz CT molecular complexity index is 653. The van der Waals surface area contributed by atoms with E-state index in [4.69, 9.17) is 5.73 Å². The van der Waals surface area contributed by atoms with Crippen LogP contribution in [-0.4, -0.2) is 23.9 Å². The van der Waals surface area contributed by atoms with Gasteiger partial charge in [0.25, 0.3) is 5.91 Å². The van der Waals surface area contributed by atoms with Crippen molar-refractivity contribution in [3.05, 3.63) is 65.2 Å². The molecule has 1 saturated heterocycles. The van der Waals surface area contributed by atoms with Crippen LogP contribution in [0.25, 0.3) is 0 Å². The molecule has 0 saturated carbocycles. The highest BCUT2D eigenvalue weighted by molar-refractivity contribution is 5.94. The molecule has 1 amide bonds. The predicted molar refractivity (Wildman–Crippen MR) is 94.4 cm³/mol. The number of likely N-dealkylation sites (tertiary alicyclic amines) is 1. The summed E-state index contributed by atoms with van der Waals surface area (Å²) in [4.78, 5) is 14.5. The first-order valence-electron chi connectivity index (χ1n) is 8.32. The summed E-state index contributed by atoms with van der Waals surface area (Å²) < 4.78 is 0. The summed E-state index contributed by atoms with van der Waals surface area (Å²) >= 11 is 0. The fourth-order valence-corrected chi connectivity index (χ4v) is 3.21. The number of aryl methyl sites for hydroxylation is 1. The van der Waals surface area contributed by atoms with Crippen molar-refractivity contribution < 1.29 is 4.79 Å². The Labute approximate surface area is 138 Å². The van der Waals surface area contributed by atoms with Crippen molar-refractivity contribution in [3.8, 4) is 0 Å². The van der Waals surface area contributed by atoms with Crippen molar-refractivity contribution in [3.63, 3.8) is 0 Å². The molecule has 1 aliphatic heterocycles. The van der Waals surface area contributed by atoms with E-state index in [1.165, 1.54) is 11.1 Å². The van der Waals surface area contributed by atoms with Gasteiger partial charge in [0.05, 0.1) is 0 Å². The number of rotatable bonds is 3. The molecule has 2 aromatic rings. The summed E-state index contributed by atoms with van der Waals surface area (Å²) in [5.74, 6) is 0.816. The van der Waals surface area contributed by atoms with Gasteiger partial charge in [0, 0.05) is 24.3 Å². The van der Waals surface area contributed by atoms with Crippen LogP contribution >= 0.6 is 0 Å². The second-order valence-corrected chi connectivity index (χ2v) is 6.55. The van der Waals surface area contributed by atoms with E-state index in [-0.39, 0.29) is 5.91 Å². The van der Waals surface area contributed by atoms with E-state index in [1.54, 1.807) is 0 Å². The van der Waals surface area contributed by atoms with Crippen LogP contribution in [0.2, 0.25) is 0 Å². The summed E-state index contributed by atoms with van der Waals surface area (Å²) in [7, 11) is 0. The van der Waals surface area contributed by atoms with Crippen LogP contribution in [0.5, 0.6) is 0 Å². The average molecular weight is 308 g/mol. The van der Waals surface area contributed by atoms with Crippen molar-refractivity contribution in [1.82, 2.24) is 4.90 Å². The summed E-state index contributed by atoms with van der Waals surface area (Å²) in [5.41, 5.74) is 9.86. The highest BCUT2D eigenvalue weighted by atomic mass is 16.2. The Morgan fingerprint density at radius 1 is 1.04 bits per heavy atom. The smallest absolute Gasteiger partial charge is 0.253 e. The van der Waals surface area contributed by atoms with Crippen molar-refractivity contribution in [2.45, 2.75) is 26.2 Å². The Morgan fingerprint density at radius 2 is 1.65 bits per heavy atom. The zero-order valence-corrected chi connectivity index (χ0v) is 13.7. The molecule has 3 nitrogen and oxygen atoms in total. The van der Waals surface area contributed by atoms with Gasteiger partial charge >= 0.3 is 0 Å². The molecule has 3 rings (SSSR count). The lowest BCUT2D eigenvalue weighted by molar-refractivity contribution is 0.0690. The zero-order valence-electron chi connectivity index (χ0n) is 13.7. The Balaban J connectivity index is 1.54. The molecule has 0 bridgehead atoms. The van der Waals surface area contributed by atoms with E-state index in [0.717, 1.165) is 43.6 Å². The third kappa shape index (κ3) is 3.92. The quantitative estimate of drug-likeness (QED) is 0.879. The second kappa shape index (κ2) is 6.86. The lowest BCUT2D eigenvalue weighted by atomic mass is 9.90. The molecule has 0 aliphatic carbocycles. The van der Waals surface area contributed by atoms with E-state index in [9.17, 15) is 4.79 Å². The SMILES string of the molecule is Cc1ccc(C(=O)N2CCC(Cc3ccc(N)cc3)CC2)cc1. The molecule has 3 heteroatoms. The van der Waals surface area contributed by atoms with Gasteiger partial charge in [-0.05, 0) is 61.9 Å². The summed E-state index contributed by atoms with van der Waals surface area (Å²) in [6.45, 7) is 3.75. The maximum atomic E-state index is 12.5. The summed E-state index contributed by atoms with van der Waals surface area (Å²) in [6, 6.07) is 16.0. The molecular formula is C20H24N2O. The number of nitrogen functional groups attached to an aromatic ring is 1. The molecule has 2 aromatic carbocycles. The average Bonchev–Trinajstić information content (AvgIpc) is 2.58. The lowest BCUT2D eigenvalue weighted by Crippen LogP contribution is -2.38. The molecular weight excluding hydrogens is 284 g/mol. The zero-order chi connectivity index (χ0) is 16.2. The molecule has 0 spiro atoms. The van der Waals surface area contributed by atoms with Crippen LogP contribution in [0.1, 0.15) is 34.3 Å². The van der Waals surface area contributed by atoms with Crippen LogP contribution < -0.4 is 5.73 Å². The highest BCUT2D eigenvalue weighted by Gasteiger charge is 2.23. The van der Waals surface area contributed by atoms with Gasteiger partial charge in [-0.1, -0.05) is 29.8 Å². The minimum atomic E-state index is 0.163. The number of benzene rings is 2. The first-order chi connectivity index (χ1) is 11.1. The van der Waals surface area contributed by atoms with Crippen LogP contribution in [0.3, 0.4) is 0 Å². The highest BCUT2D eigenvalue weighted by Crippen LogP contribution is 2.23. The van der Waals surface area contributed by atoms with E-state index in [0.29, 0.717) is 5.92 Å². The van der Waals surface area contributed by atoms with E-state index < -0.39 is 0 Å². The third-order valence-corrected chi connectivity index (χ3v) is 4.70. The monoisotopic (exact) mass is 308 g/mol. The van der Waals surface area contributed by atoms with E-state index >= 15 is 0 Å². The number of anilines is 1. The number of nitrogens with two attached hydrogens (primary N) is 1.